The quantitative estimate of drug-likeness (QED) is 0.779. The molecule has 0 heterocycles. The third-order valence-corrected chi connectivity index (χ3v) is 4.19. The maximum atomic E-state index is 13.1. The van der Waals surface area contributed by atoms with Gasteiger partial charge >= 0.3 is 0 Å². The highest BCUT2D eigenvalue weighted by Crippen LogP contribution is 2.22. The van der Waals surface area contributed by atoms with Gasteiger partial charge in [-0.15, -0.1) is 0 Å². The normalized spacial score (nSPS) is 11.8. The van der Waals surface area contributed by atoms with E-state index >= 15 is 0 Å². The number of halogens is 1. The van der Waals surface area contributed by atoms with Crippen LogP contribution in [0.2, 0.25) is 0 Å². The molecule has 0 fully saturated rings. The van der Waals surface area contributed by atoms with Crippen molar-refractivity contribution in [3.05, 3.63) is 71.0 Å². The molecule has 0 saturated heterocycles. The Bertz CT molecular complexity index is 813. The van der Waals surface area contributed by atoms with Crippen LogP contribution in [0.15, 0.2) is 48.5 Å². The Kier molecular flexibility index (Phi) is 5.73. The molecule has 2 aromatic rings. The Morgan fingerprint density at radius 1 is 0.815 bits per heavy atom. The van der Waals surface area contributed by atoms with Gasteiger partial charge in [-0.2, -0.15) is 0 Å². The van der Waals surface area contributed by atoms with Crippen molar-refractivity contribution in [1.29, 1.82) is 0 Å². The predicted molar refractivity (Wildman–Crippen MR) is 105 cm³/mol. The SMILES string of the molecule is CC(C)(C)c1ccc(C(=O)NN(C(=O)c2ccc(F)cc2)C(C)(C)C)cc1. The number of hydrogen-bond donors (Lipinski definition) is 1. The van der Waals surface area contributed by atoms with Crippen molar-refractivity contribution in [2.45, 2.75) is 52.5 Å². The second-order valence-corrected chi connectivity index (χ2v) is 8.59. The molecule has 0 aromatic heterocycles. The molecule has 0 aliphatic heterocycles. The van der Waals surface area contributed by atoms with Crippen LogP contribution in [0.25, 0.3) is 0 Å². The lowest BCUT2D eigenvalue weighted by molar-refractivity contribution is 0.0358. The first-order valence-corrected chi connectivity index (χ1v) is 8.91. The highest BCUT2D eigenvalue weighted by Gasteiger charge is 2.29. The fourth-order valence-electron chi connectivity index (χ4n) is 2.53. The molecule has 0 radical (unpaired) electrons. The zero-order chi connectivity index (χ0) is 20.4. The summed E-state index contributed by atoms with van der Waals surface area (Å²) in [5.74, 6) is -1.19. The lowest BCUT2D eigenvalue weighted by Crippen LogP contribution is -2.55. The van der Waals surface area contributed by atoms with Crippen LogP contribution in [-0.4, -0.2) is 22.4 Å². The van der Waals surface area contributed by atoms with Crippen molar-refractivity contribution in [2.75, 3.05) is 0 Å². The molecular formula is C22H27FN2O2. The molecule has 0 bridgehead atoms. The van der Waals surface area contributed by atoms with Crippen LogP contribution >= 0.6 is 0 Å². The molecule has 2 rings (SSSR count). The van der Waals surface area contributed by atoms with E-state index in [9.17, 15) is 14.0 Å². The number of nitrogens with one attached hydrogen (secondary N) is 1. The topological polar surface area (TPSA) is 49.4 Å². The molecular weight excluding hydrogens is 343 g/mol. The van der Waals surface area contributed by atoms with E-state index in [-0.39, 0.29) is 11.3 Å². The van der Waals surface area contributed by atoms with E-state index in [2.05, 4.69) is 26.2 Å². The minimum Gasteiger partial charge on any atom is -0.267 e. The highest BCUT2D eigenvalue weighted by molar-refractivity contribution is 5.99. The van der Waals surface area contributed by atoms with Gasteiger partial charge in [0.15, 0.2) is 0 Å². The predicted octanol–water partition coefficient (Wildman–Crippen LogP) is 4.71. The van der Waals surface area contributed by atoms with Crippen LogP contribution in [-0.2, 0) is 5.41 Å². The summed E-state index contributed by atoms with van der Waals surface area (Å²) < 4.78 is 13.1. The molecule has 0 unspecified atom stereocenters. The Hall–Kier alpha value is -2.69. The zero-order valence-corrected chi connectivity index (χ0v) is 16.8. The first-order valence-electron chi connectivity index (χ1n) is 8.91. The third kappa shape index (κ3) is 5.16. The molecule has 2 amide bonds. The summed E-state index contributed by atoms with van der Waals surface area (Å²) in [5.41, 5.74) is 3.91. The van der Waals surface area contributed by atoms with Crippen LogP contribution in [0.3, 0.4) is 0 Å². The van der Waals surface area contributed by atoms with E-state index in [1.165, 1.54) is 29.3 Å². The Balaban J connectivity index is 2.24. The molecule has 1 N–H and O–H groups in total. The van der Waals surface area contributed by atoms with Crippen molar-refractivity contribution in [3.63, 3.8) is 0 Å². The van der Waals surface area contributed by atoms with Gasteiger partial charge in [0.2, 0.25) is 0 Å². The Morgan fingerprint density at radius 3 is 1.74 bits per heavy atom. The van der Waals surface area contributed by atoms with Gasteiger partial charge in [-0.1, -0.05) is 32.9 Å². The minimum absolute atomic E-state index is 0.00893. The first kappa shape index (κ1) is 20.6. The van der Waals surface area contributed by atoms with E-state index in [0.717, 1.165) is 5.56 Å². The van der Waals surface area contributed by atoms with Crippen LogP contribution in [0, 0.1) is 5.82 Å². The van der Waals surface area contributed by atoms with Crippen molar-refractivity contribution in [1.82, 2.24) is 10.4 Å². The highest BCUT2D eigenvalue weighted by atomic mass is 19.1. The van der Waals surface area contributed by atoms with Gasteiger partial charge in [0.05, 0.1) is 5.54 Å². The fraction of sp³-hybridized carbons (Fsp3) is 0.364. The number of nitrogens with zero attached hydrogens (tertiary/aromatic N) is 1. The molecule has 27 heavy (non-hydrogen) atoms. The molecule has 5 heteroatoms. The summed E-state index contributed by atoms with van der Waals surface area (Å²) in [6, 6.07) is 12.6. The maximum absolute atomic E-state index is 13.1. The molecule has 0 aliphatic carbocycles. The lowest BCUT2D eigenvalue weighted by Gasteiger charge is -2.35. The molecule has 0 spiro atoms. The number of amides is 2. The second-order valence-electron chi connectivity index (χ2n) is 8.59. The Morgan fingerprint density at radius 2 is 1.30 bits per heavy atom. The summed E-state index contributed by atoms with van der Waals surface area (Å²) in [7, 11) is 0. The van der Waals surface area contributed by atoms with Gasteiger partial charge < -0.3 is 0 Å². The van der Waals surface area contributed by atoms with E-state index in [1.807, 2.05) is 32.9 Å². The van der Waals surface area contributed by atoms with E-state index in [1.54, 1.807) is 12.1 Å². The van der Waals surface area contributed by atoms with E-state index in [0.29, 0.717) is 11.1 Å². The standard InChI is InChI=1S/C22H27FN2O2/c1-21(2,3)17-11-7-15(8-12-17)19(26)24-25(22(4,5)6)20(27)16-9-13-18(23)14-10-16/h7-14H,1-6H3,(H,24,26). The molecule has 0 aliphatic rings. The summed E-state index contributed by atoms with van der Waals surface area (Å²) in [5, 5.41) is 1.28. The summed E-state index contributed by atoms with van der Waals surface area (Å²) in [6.07, 6.45) is 0. The average molecular weight is 370 g/mol. The van der Waals surface area contributed by atoms with Crippen LogP contribution < -0.4 is 5.43 Å². The van der Waals surface area contributed by atoms with Gasteiger partial charge in [0.1, 0.15) is 5.82 Å². The number of rotatable bonds is 2. The van der Waals surface area contributed by atoms with E-state index in [4.69, 9.17) is 0 Å². The maximum Gasteiger partial charge on any atom is 0.272 e. The largest absolute Gasteiger partial charge is 0.272 e. The molecule has 4 nitrogen and oxygen atoms in total. The van der Waals surface area contributed by atoms with Gasteiger partial charge in [-0.25, -0.2) is 9.40 Å². The van der Waals surface area contributed by atoms with Gasteiger partial charge in [-0.05, 0) is 68.1 Å². The third-order valence-electron chi connectivity index (χ3n) is 4.19. The summed E-state index contributed by atoms with van der Waals surface area (Å²) >= 11 is 0. The number of carbonyl (C=O) groups is 2. The van der Waals surface area contributed by atoms with Crippen molar-refractivity contribution in [2.24, 2.45) is 0 Å². The number of carbonyl (C=O) groups excluding carboxylic acids is 2. The number of benzene rings is 2. The lowest BCUT2D eigenvalue weighted by atomic mass is 9.87. The van der Waals surface area contributed by atoms with Crippen LogP contribution in [0.4, 0.5) is 4.39 Å². The Labute approximate surface area is 160 Å². The zero-order valence-electron chi connectivity index (χ0n) is 16.8. The van der Waals surface area contributed by atoms with Crippen LogP contribution in [0.5, 0.6) is 0 Å². The smallest absolute Gasteiger partial charge is 0.267 e. The molecule has 0 saturated carbocycles. The molecule has 2 aromatic carbocycles. The van der Waals surface area contributed by atoms with Crippen molar-refractivity contribution >= 4 is 11.8 Å². The van der Waals surface area contributed by atoms with Gasteiger partial charge in [0, 0.05) is 11.1 Å². The fourth-order valence-corrected chi connectivity index (χ4v) is 2.53. The summed E-state index contributed by atoms with van der Waals surface area (Å²) in [4.78, 5) is 25.5. The minimum atomic E-state index is -0.660. The van der Waals surface area contributed by atoms with Gasteiger partial charge in [-0.3, -0.25) is 15.0 Å². The van der Waals surface area contributed by atoms with Crippen molar-refractivity contribution in [3.8, 4) is 0 Å². The van der Waals surface area contributed by atoms with E-state index < -0.39 is 17.3 Å². The van der Waals surface area contributed by atoms with Crippen LogP contribution in [0.1, 0.15) is 67.8 Å². The summed E-state index contributed by atoms with van der Waals surface area (Å²) in [6.45, 7) is 11.8. The second kappa shape index (κ2) is 7.51. The van der Waals surface area contributed by atoms with Gasteiger partial charge in [0.25, 0.3) is 11.8 Å². The monoisotopic (exact) mass is 370 g/mol. The number of hydrazine groups is 1. The number of hydrogen-bond acceptors (Lipinski definition) is 2. The molecule has 0 atom stereocenters. The average Bonchev–Trinajstić information content (AvgIpc) is 2.58. The van der Waals surface area contributed by atoms with Crippen molar-refractivity contribution < 1.29 is 14.0 Å². The molecule has 144 valence electrons. The first-order chi connectivity index (χ1) is 12.4.